The topological polar surface area (TPSA) is 86.7 Å². The molecule has 0 unspecified atom stereocenters. The molecular weight excluding hydrogens is 364 g/mol. The van der Waals surface area contributed by atoms with Crippen molar-refractivity contribution in [2.24, 2.45) is 11.8 Å². The highest BCUT2D eigenvalue weighted by molar-refractivity contribution is 7.89. The maximum Gasteiger partial charge on any atom is 0.255 e. The molecule has 0 radical (unpaired) electrons. The molecule has 140 valence electrons. The molecular formula is C17H25ClN2O4S. The second kappa shape index (κ2) is 7.23. The zero-order chi connectivity index (χ0) is 19.0. The first kappa shape index (κ1) is 20.2. The van der Waals surface area contributed by atoms with Crippen LogP contribution in [-0.4, -0.2) is 49.6 Å². The van der Waals surface area contributed by atoms with E-state index in [2.05, 4.69) is 4.72 Å². The van der Waals surface area contributed by atoms with Crippen molar-refractivity contribution in [2.45, 2.75) is 38.1 Å². The van der Waals surface area contributed by atoms with Gasteiger partial charge in [-0.05, 0) is 44.9 Å². The van der Waals surface area contributed by atoms with Gasteiger partial charge in [0.2, 0.25) is 10.0 Å². The monoisotopic (exact) mass is 388 g/mol. The third-order valence-electron chi connectivity index (χ3n) is 4.21. The summed E-state index contributed by atoms with van der Waals surface area (Å²) in [6.45, 7) is 8.17. The summed E-state index contributed by atoms with van der Waals surface area (Å²) in [5, 5.41) is 9.58. The minimum absolute atomic E-state index is 0.00104. The van der Waals surface area contributed by atoms with Gasteiger partial charge in [-0.2, -0.15) is 0 Å². The van der Waals surface area contributed by atoms with Crippen LogP contribution in [0.4, 0.5) is 0 Å². The zero-order valence-electron chi connectivity index (χ0n) is 14.9. The highest BCUT2D eigenvalue weighted by Crippen LogP contribution is 2.28. The van der Waals surface area contributed by atoms with Gasteiger partial charge in [0.05, 0.1) is 15.5 Å². The normalized spacial score (nSPS) is 21.6. The number of carbonyl (C=O) groups excluding carboxylic acids is 1. The molecule has 0 aliphatic carbocycles. The Morgan fingerprint density at radius 2 is 2.00 bits per heavy atom. The summed E-state index contributed by atoms with van der Waals surface area (Å²) >= 11 is 6.15. The fourth-order valence-corrected chi connectivity index (χ4v) is 4.55. The van der Waals surface area contributed by atoms with Crippen molar-refractivity contribution in [3.63, 3.8) is 0 Å². The summed E-state index contributed by atoms with van der Waals surface area (Å²) in [6.07, 6.45) is 0. The van der Waals surface area contributed by atoms with E-state index in [1.807, 2.05) is 6.92 Å². The molecule has 2 N–H and O–H groups in total. The Morgan fingerprint density at radius 3 is 2.52 bits per heavy atom. The number of nitrogens with zero attached hydrogens (tertiary/aromatic N) is 1. The molecule has 1 aliphatic heterocycles. The van der Waals surface area contributed by atoms with Crippen LogP contribution in [0.5, 0.6) is 0 Å². The summed E-state index contributed by atoms with van der Waals surface area (Å²) in [5.41, 5.74) is -0.481. The van der Waals surface area contributed by atoms with Gasteiger partial charge < -0.3 is 10.0 Å². The Bertz CT molecular complexity index is 758. The van der Waals surface area contributed by atoms with Gasteiger partial charge in [-0.3, -0.25) is 4.79 Å². The highest BCUT2D eigenvalue weighted by atomic mass is 35.5. The molecule has 1 aromatic rings. The van der Waals surface area contributed by atoms with Crippen LogP contribution in [0.15, 0.2) is 23.1 Å². The van der Waals surface area contributed by atoms with Crippen LogP contribution in [0.3, 0.4) is 0 Å². The smallest absolute Gasteiger partial charge is 0.255 e. The first-order chi connectivity index (χ1) is 11.4. The molecule has 0 aromatic heterocycles. The maximum atomic E-state index is 12.8. The van der Waals surface area contributed by atoms with Gasteiger partial charge in [0.1, 0.15) is 0 Å². The Hall–Kier alpha value is -1.15. The fourth-order valence-electron chi connectivity index (χ4n) is 2.91. The predicted octanol–water partition coefficient (Wildman–Crippen LogP) is 2.12. The molecule has 0 saturated carbocycles. The van der Waals surface area contributed by atoms with Crippen molar-refractivity contribution in [1.82, 2.24) is 9.62 Å². The minimum atomic E-state index is -3.76. The predicted molar refractivity (Wildman–Crippen MR) is 97.2 cm³/mol. The van der Waals surface area contributed by atoms with Gasteiger partial charge in [-0.1, -0.05) is 18.5 Å². The Balaban J connectivity index is 2.32. The Labute approximate surface area is 154 Å². The number of aliphatic hydroxyl groups excluding tert-OH is 1. The van der Waals surface area contributed by atoms with E-state index in [1.165, 1.54) is 18.2 Å². The van der Waals surface area contributed by atoms with E-state index in [9.17, 15) is 18.3 Å². The Morgan fingerprint density at radius 1 is 1.36 bits per heavy atom. The molecule has 6 nitrogen and oxygen atoms in total. The van der Waals surface area contributed by atoms with E-state index in [-0.39, 0.29) is 39.8 Å². The zero-order valence-corrected chi connectivity index (χ0v) is 16.5. The van der Waals surface area contributed by atoms with E-state index < -0.39 is 15.6 Å². The minimum Gasteiger partial charge on any atom is -0.396 e. The van der Waals surface area contributed by atoms with Crippen LogP contribution in [0.25, 0.3) is 0 Å². The molecule has 0 bridgehead atoms. The Kier molecular flexibility index (Phi) is 5.83. The van der Waals surface area contributed by atoms with E-state index in [4.69, 9.17) is 11.6 Å². The number of rotatable bonds is 4. The number of carbonyl (C=O) groups is 1. The average molecular weight is 389 g/mol. The highest BCUT2D eigenvalue weighted by Gasteiger charge is 2.33. The van der Waals surface area contributed by atoms with Crippen molar-refractivity contribution in [3.8, 4) is 0 Å². The molecule has 1 aromatic carbocycles. The molecule has 1 heterocycles. The SMILES string of the molecule is C[C@@H]1CN(C(=O)c2cc(S(=O)(=O)NC(C)(C)C)ccc2Cl)C[C@H]1CO. The van der Waals surface area contributed by atoms with E-state index in [0.29, 0.717) is 13.1 Å². The van der Waals surface area contributed by atoms with Crippen molar-refractivity contribution in [2.75, 3.05) is 19.7 Å². The van der Waals surface area contributed by atoms with Crippen LogP contribution in [0.2, 0.25) is 5.02 Å². The number of likely N-dealkylation sites (tertiary alicyclic amines) is 1. The van der Waals surface area contributed by atoms with Crippen molar-refractivity contribution >= 4 is 27.5 Å². The summed E-state index contributed by atoms with van der Waals surface area (Å²) in [4.78, 5) is 14.4. The fraction of sp³-hybridized carbons (Fsp3) is 0.588. The molecule has 2 rings (SSSR count). The van der Waals surface area contributed by atoms with E-state index in [1.54, 1.807) is 25.7 Å². The van der Waals surface area contributed by atoms with Crippen LogP contribution < -0.4 is 4.72 Å². The van der Waals surface area contributed by atoms with Crippen LogP contribution >= 0.6 is 11.6 Å². The van der Waals surface area contributed by atoms with Crippen LogP contribution in [0, 0.1) is 11.8 Å². The van der Waals surface area contributed by atoms with Gasteiger partial charge >= 0.3 is 0 Å². The number of sulfonamides is 1. The number of halogens is 1. The first-order valence-corrected chi connectivity index (χ1v) is 10.0. The third kappa shape index (κ3) is 4.73. The quantitative estimate of drug-likeness (QED) is 0.827. The summed E-state index contributed by atoms with van der Waals surface area (Å²) in [7, 11) is -3.76. The standard InChI is InChI=1S/C17H25ClN2O4S/c1-11-8-20(9-12(11)10-21)16(22)14-7-13(5-6-15(14)18)25(23,24)19-17(2,3)4/h5-7,11-12,19,21H,8-10H2,1-4H3/t11-,12+/m1/s1. The van der Waals surface area contributed by atoms with Crippen molar-refractivity contribution in [1.29, 1.82) is 0 Å². The molecule has 8 heteroatoms. The molecule has 1 aliphatic rings. The molecule has 25 heavy (non-hydrogen) atoms. The lowest BCUT2D eigenvalue weighted by atomic mass is 10.00. The lowest BCUT2D eigenvalue weighted by Crippen LogP contribution is -2.40. The second-order valence-corrected chi connectivity index (χ2v) is 9.72. The lowest BCUT2D eigenvalue weighted by Gasteiger charge is -2.21. The average Bonchev–Trinajstić information content (AvgIpc) is 2.85. The summed E-state index contributed by atoms with van der Waals surface area (Å²) < 4.78 is 27.5. The van der Waals surface area contributed by atoms with Crippen LogP contribution in [0.1, 0.15) is 38.1 Å². The van der Waals surface area contributed by atoms with E-state index >= 15 is 0 Å². The van der Waals surface area contributed by atoms with Crippen molar-refractivity contribution in [3.05, 3.63) is 28.8 Å². The van der Waals surface area contributed by atoms with Gasteiger partial charge in [0, 0.05) is 31.2 Å². The number of nitrogens with one attached hydrogen (secondary N) is 1. The van der Waals surface area contributed by atoms with Gasteiger partial charge in [0.15, 0.2) is 0 Å². The maximum absolute atomic E-state index is 12.8. The largest absolute Gasteiger partial charge is 0.396 e. The number of hydrogen-bond donors (Lipinski definition) is 2. The number of amides is 1. The third-order valence-corrected chi connectivity index (χ3v) is 6.29. The lowest BCUT2D eigenvalue weighted by molar-refractivity contribution is 0.0780. The van der Waals surface area contributed by atoms with E-state index in [0.717, 1.165) is 0 Å². The molecule has 1 saturated heterocycles. The molecule has 1 amide bonds. The second-order valence-electron chi connectivity index (χ2n) is 7.63. The number of hydrogen-bond acceptors (Lipinski definition) is 4. The first-order valence-electron chi connectivity index (χ1n) is 8.18. The summed E-state index contributed by atoms with van der Waals surface area (Å²) in [5.74, 6) is -0.111. The molecule has 2 atom stereocenters. The molecule has 0 spiro atoms. The number of benzene rings is 1. The number of aliphatic hydroxyl groups is 1. The van der Waals surface area contributed by atoms with Crippen LogP contribution in [-0.2, 0) is 10.0 Å². The van der Waals surface area contributed by atoms with Gasteiger partial charge in [-0.25, -0.2) is 13.1 Å². The van der Waals surface area contributed by atoms with Gasteiger partial charge in [-0.15, -0.1) is 0 Å². The molecule has 1 fully saturated rings. The van der Waals surface area contributed by atoms with Crippen molar-refractivity contribution < 1.29 is 18.3 Å². The summed E-state index contributed by atoms with van der Waals surface area (Å²) in [6, 6.07) is 4.13. The van der Waals surface area contributed by atoms with Gasteiger partial charge in [0.25, 0.3) is 5.91 Å².